The molecular formula is C49H38N4Si. The van der Waals surface area contributed by atoms with Crippen LogP contribution < -0.4 is 10.5 Å². The van der Waals surface area contributed by atoms with Crippen molar-refractivity contribution in [1.82, 2.24) is 19.1 Å². The Morgan fingerprint density at radius 1 is 0.611 bits per heavy atom. The van der Waals surface area contributed by atoms with E-state index in [0.29, 0.717) is 0 Å². The van der Waals surface area contributed by atoms with Gasteiger partial charge in [0.25, 0.3) is 0 Å². The van der Waals surface area contributed by atoms with Crippen LogP contribution in [0.1, 0.15) is 11.3 Å². The van der Waals surface area contributed by atoms with Crippen molar-refractivity contribution in [2.24, 2.45) is 0 Å². The summed E-state index contributed by atoms with van der Waals surface area (Å²) in [6, 6.07) is 52.3. The highest BCUT2D eigenvalue weighted by Gasteiger charge is 2.41. The molecule has 0 N–H and O–H groups in total. The Morgan fingerprint density at radius 2 is 1.30 bits per heavy atom. The Kier molecular flexibility index (Phi) is 7.29. The molecule has 10 rings (SSSR count). The van der Waals surface area contributed by atoms with Crippen LogP contribution in [0.5, 0.6) is 0 Å². The molecule has 0 saturated carbocycles. The molecule has 54 heavy (non-hydrogen) atoms. The monoisotopic (exact) mass is 710 g/mol. The van der Waals surface area contributed by atoms with Gasteiger partial charge in [-0.15, -0.1) is 0 Å². The van der Waals surface area contributed by atoms with E-state index in [4.69, 9.17) is 9.97 Å². The number of benzene rings is 6. The summed E-state index contributed by atoms with van der Waals surface area (Å²) in [7, 11) is -2.06. The number of aryl methyl sites for hydroxylation is 1. The number of aromatic nitrogens is 4. The summed E-state index contributed by atoms with van der Waals surface area (Å²) < 4.78 is 4.82. The predicted octanol–water partition coefficient (Wildman–Crippen LogP) is 11.2. The third kappa shape index (κ3) is 4.68. The summed E-state index contributed by atoms with van der Waals surface area (Å²) in [4.78, 5) is 10.7. The number of fused-ring (bicyclic) bond motifs is 8. The second kappa shape index (κ2) is 12.3. The molecular weight excluding hydrogens is 673 g/mol. The molecule has 0 amide bonds. The van der Waals surface area contributed by atoms with Crippen LogP contribution in [-0.2, 0) is 0 Å². The Balaban J connectivity index is 1.22. The molecule has 0 fully saturated rings. The molecule has 6 aromatic carbocycles. The second-order valence-corrected chi connectivity index (χ2v) is 18.9. The summed E-state index contributed by atoms with van der Waals surface area (Å²) >= 11 is 0. The molecule has 1 aliphatic rings. The number of hydrogen-bond donors (Lipinski definition) is 0. The molecule has 0 radical (unpaired) electrons. The van der Waals surface area contributed by atoms with Crippen molar-refractivity contribution >= 4 is 57.4 Å². The van der Waals surface area contributed by atoms with Crippen LogP contribution >= 0.6 is 0 Å². The van der Waals surface area contributed by atoms with Crippen LogP contribution in [0.3, 0.4) is 0 Å². The standard InChI is InChI=1S/C49H38N4Si/c1-5-6-23-40-32(2)44-42(52(40)35-19-11-8-12-20-35)31-30-38-37-21-13-15-24-41(37)53(47(38)44)36-28-26-33(27-29-36)46-45-39-22-14-16-25-43(39)54(3,4)49(45)51-48(50-46)34-17-9-7-10-18-34/h5-31H,1H2,2-4H3/b23-6-. The third-order valence-electron chi connectivity index (χ3n) is 11.3. The van der Waals surface area contributed by atoms with Gasteiger partial charge in [0.1, 0.15) is 8.07 Å². The highest BCUT2D eigenvalue weighted by molar-refractivity contribution is 7.03. The molecule has 0 aliphatic carbocycles. The van der Waals surface area contributed by atoms with Crippen LogP contribution in [0.4, 0.5) is 0 Å². The van der Waals surface area contributed by atoms with E-state index in [-0.39, 0.29) is 0 Å². The molecule has 3 aromatic heterocycles. The average molecular weight is 711 g/mol. The smallest absolute Gasteiger partial charge is 0.159 e. The quantitative estimate of drug-likeness (QED) is 0.127. The Morgan fingerprint density at radius 3 is 2.07 bits per heavy atom. The van der Waals surface area contributed by atoms with Crippen LogP contribution in [0, 0.1) is 6.92 Å². The Labute approximate surface area is 316 Å². The molecule has 4 heterocycles. The highest BCUT2D eigenvalue weighted by Crippen LogP contribution is 2.42. The summed E-state index contributed by atoms with van der Waals surface area (Å²) in [6.45, 7) is 11.1. The van der Waals surface area contributed by atoms with Crippen LogP contribution in [0.2, 0.25) is 13.1 Å². The Bertz CT molecular complexity index is 2970. The van der Waals surface area contributed by atoms with E-state index < -0.39 is 8.07 Å². The van der Waals surface area contributed by atoms with Gasteiger partial charge in [-0.3, -0.25) is 0 Å². The minimum absolute atomic E-state index is 0.784. The number of nitrogens with zero attached hydrogens (tertiary/aromatic N) is 4. The van der Waals surface area contributed by atoms with Crippen molar-refractivity contribution in [3.05, 3.63) is 176 Å². The fraction of sp³-hybridized carbons (Fsp3) is 0.0612. The SMILES string of the molecule is C=C/C=C\c1c(C)c2c(ccc3c4ccccc4n(-c4ccc(-c5nc(-c6ccccc6)nc6c5-c5ccccc5[Si]6(C)C)cc4)c32)n1-c1ccccc1. The highest BCUT2D eigenvalue weighted by atomic mass is 28.3. The van der Waals surface area contributed by atoms with Crippen molar-refractivity contribution < 1.29 is 0 Å². The number of para-hydroxylation sites is 2. The van der Waals surface area contributed by atoms with Gasteiger partial charge in [-0.25, -0.2) is 9.97 Å². The van der Waals surface area contributed by atoms with Gasteiger partial charge in [0.2, 0.25) is 0 Å². The zero-order valence-electron chi connectivity index (χ0n) is 30.6. The average Bonchev–Trinajstić information content (AvgIpc) is 3.79. The fourth-order valence-electron chi connectivity index (χ4n) is 8.75. The van der Waals surface area contributed by atoms with Crippen molar-refractivity contribution in [1.29, 1.82) is 0 Å². The maximum Gasteiger partial charge on any atom is 0.159 e. The fourth-order valence-corrected chi connectivity index (χ4v) is 11.7. The lowest BCUT2D eigenvalue weighted by atomic mass is 10.00. The van der Waals surface area contributed by atoms with E-state index in [1.807, 2.05) is 18.2 Å². The molecule has 258 valence electrons. The first-order valence-corrected chi connectivity index (χ1v) is 21.6. The lowest BCUT2D eigenvalue weighted by Crippen LogP contribution is -2.50. The van der Waals surface area contributed by atoms with Crippen molar-refractivity contribution in [2.45, 2.75) is 20.0 Å². The zero-order chi connectivity index (χ0) is 36.6. The molecule has 0 spiro atoms. The largest absolute Gasteiger partial charge is 0.310 e. The molecule has 0 saturated heterocycles. The molecule has 0 bridgehead atoms. The predicted molar refractivity (Wildman–Crippen MR) is 230 cm³/mol. The molecule has 0 atom stereocenters. The van der Waals surface area contributed by atoms with Gasteiger partial charge in [-0.2, -0.15) is 0 Å². The van der Waals surface area contributed by atoms with E-state index in [0.717, 1.165) is 39.7 Å². The second-order valence-electron chi connectivity index (χ2n) is 14.7. The maximum atomic E-state index is 5.35. The van der Waals surface area contributed by atoms with Gasteiger partial charge in [-0.05, 0) is 65.7 Å². The lowest BCUT2D eigenvalue weighted by molar-refractivity contribution is 1.10. The normalized spacial score (nSPS) is 13.2. The minimum atomic E-state index is -2.06. The van der Waals surface area contributed by atoms with Gasteiger partial charge in [-0.1, -0.05) is 141 Å². The first-order valence-electron chi connectivity index (χ1n) is 18.6. The molecule has 0 unspecified atom stereocenters. The van der Waals surface area contributed by atoms with Gasteiger partial charge in [0, 0.05) is 55.2 Å². The summed E-state index contributed by atoms with van der Waals surface area (Å²) in [6.07, 6.45) is 6.05. The van der Waals surface area contributed by atoms with Crippen LogP contribution in [0.15, 0.2) is 164 Å². The minimum Gasteiger partial charge on any atom is -0.310 e. The topological polar surface area (TPSA) is 35.6 Å². The van der Waals surface area contributed by atoms with Crippen molar-refractivity contribution in [3.8, 4) is 45.1 Å². The van der Waals surface area contributed by atoms with Crippen molar-refractivity contribution in [2.75, 3.05) is 0 Å². The molecule has 5 heteroatoms. The molecule has 4 nitrogen and oxygen atoms in total. The van der Waals surface area contributed by atoms with Crippen LogP contribution in [0.25, 0.3) is 83.9 Å². The number of rotatable bonds is 6. The first kappa shape index (κ1) is 32.1. The summed E-state index contributed by atoms with van der Waals surface area (Å²) in [5.41, 5.74) is 13.8. The van der Waals surface area contributed by atoms with Gasteiger partial charge in [0.15, 0.2) is 5.82 Å². The maximum absolute atomic E-state index is 5.35. The lowest BCUT2D eigenvalue weighted by Gasteiger charge is -2.19. The summed E-state index contributed by atoms with van der Waals surface area (Å²) in [5.74, 6) is 0.784. The summed E-state index contributed by atoms with van der Waals surface area (Å²) in [5, 5.41) is 6.34. The van der Waals surface area contributed by atoms with E-state index in [1.54, 1.807) is 0 Å². The molecule has 1 aliphatic heterocycles. The van der Waals surface area contributed by atoms with Crippen molar-refractivity contribution in [3.63, 3.8) is 0 Å². The van der Waals surface area contributed by atoms with Gasteiger partial charge >= 0.3 is 0 Å². The zero-order valence-corrected chi connectivity index (χ0v) is 31.6. The van der Waals surface area contributed by atoms with E-state index in [2.05, 4.69) is 181 Å². The van der Waals surface area contributed by atoms with E-state index in [1.165, 1.54) is 59.9 Å². The first-order chi connectivity index (χ1) is 26.5. The molecule has 9 aromatic rings. The van der Waals surface area contributed by atoms with Gasteiger partial charge < -0.3 is 9.13 Å². The van der Waals surface area contributed by atoms with Gasteiger partial charge in [0.05, 0.1) is 22.2 Å². The van der Waals surface area contributed by atoms with E-state index in [9.17, 15) is 0 Å². The van der Waals surface area contributed by atoms with Crippen LogP contribution in [-0.4, -0.2) is 27.2 Å². The number of hydrogen-bond acceptors (Lipinski definition) is 2. The number of allylic oxidation sites excluding steroid dienone is 2. The van der Waals surface area contributed by atoms with E-state index >= 15 is 0 Å². The Hall–Kier alpha value is -6.56. The third-order valence-corrected chi connectivity index (χ3v) is 14.6.